The highest BCUT2D eigenvalue weighted by Crippen LogP contribution is 2.26. The van der Waals surface area contributed by atoms with E-state index < -0.39 is 0 Å². The van der Waals surface area contributed by atoms with Gasteiger partial charge in [0.1, 0.15) is 5.75 Å². The minimum atomic E-state index is 0.582. The topological polar surface area (TPSA) is 34.1 Å². The SMILES string of the molecule is CCC(C)c1ccc(Oc2ncccc2CNC)cc1. The Bertz CT molecular complexity index is 537. The molecule has 1 heterocycles. The molecule has 0 amide bonds. The first-order valence-corrected chi connectivity index (χ1v) is 7.11. The van der Waals surface area contributed by atoms with Gasteiger partial charge in [-0.15, -0.1) is 0 Å². The highest BCUT2D eigenvalue weighted by atomic mass is 16.5. The average Bonchev–Trinajstić information content (AvgIpc) is 2.49. The molecule has 2 aromatic rings. The monoisotopic (exact) mass is 270 g/mol. The van der Waals surface area contributed by atoms with Crippen LogP contribution in [0.3, 0.4) is 0 Å². The summed E-state index contributed by atoms with van der Waals surface area (Å²) in [7, 11) is 1.91. The van der Waals surface area contributed by atoms with Crippen LogP contribution < -0.4 is 10.1 Å². The summed E-state index contributed by atoms with van der Waals surface area (Å²) in [6.07, 6.45) is 2.90. The van der Waals surface area contributed by atoms with Crippen molar-refractivity contribution in [2.75, 3.05) is 7.05 Å². The fraction of sp³-hybridized carbons (Fsp3) is 0.353. The Morgan fingerprint density at radius 1 is 1.20 bits per heavy atom. The molecule has 3 nitrogen and oxygen atoms in total. The van der Waals surface area contributed by atoms with Crippen molar-refractivity contribution in [1.82, 2.24) is 10.3 Å². The molecule has 1 aromatic carbocycles. The maximum Gasteiger partial charge on any atom is 0.223 e. The third-order valence-corrected chi connectivity index (χ3v) is 3.49. The van der Waals surface area contributed by atoms with Crippen LogP contribution in [0.4, 0.5) is 0 Å². The van der Waals surface area contributed by atoms with E-state index in [-0.39, 0.29) is 0 Å². The van der Waals surface area contributed by atoms with E-state index in [9.17, 15) is 0 Å². The first kappa shape index (κ1) is 14.5. The predicted molar refractivity (Wildman–Crippen MR) is 82.2 cm³/mol. The summed E-state index contributed by atoms with van der Waals surface area (Å²) in [5.41, 5.74) is 2.40. The highest BCUT2D eigenvalue weighted by Gasteiger charge is 2.07. The van der Waals surface area contributed by atoms with E-state index in [1.807, 2.05) is 31.3 Å². The largest absolute Gasteiger partial charge is 0.439 e. The third kappa shape index (κ3) is 3.58. The molecular formula is C17H22N2O. The number of nitrogens with zero attached hydrogens (tertiary/aromatic N) is 1. The van der Waals surface area contributed by atoms with Crippen LogP contribution in [0, 0.1) is 0 Å². The van der Waals surface area contributed by atoms with Crippen LogP contribution in [-0.2, 0) is 6.54 Å². The second kappa shape index (κ2) is 7.06. The van der Waals surface area contributed by atoms with Gasteiger partial charge in [0.15, 0.2) is 0 Å². The second-order valence-corrected chi connectivity index (χ2v) is 4.98. The lowest BCUT2D eigenvalue weighted by Gasteiger charge is -2.12. The summed E-state index contributed by atoms with van der Waals surface area (Å²) < 4.78 is 5.88. The molecule has 1 unspecified atom stereocenters. The zero-order valence-corrected chi connectivity index (χ0v) is 12.4. The minimum absolute atomic E-state index is 0.582. The van der Waals surface area contributed by atoms with Crippen molar-refractivity contribution in [3.05, 3.63) is 53.7 Å². The maximum atomic E-state index is 5.88. The van der Waals surface area contributed by atoms with Crippen LogP contribution in [0.15, 0.2) is 42.6 Å². The van der Waals surface area contributed by atoms with E-state index in [2.05, 4.69) is 36.3 Å². The van der Waals surface area contributed by atoms with E-state index in [1.54, 1.807) is 6.20 Å². The molecule has 1 aromatic heterocycles. The molecule has 0 saturated carbocycles. The number of benzene rings is 1. The first-order valence-electron chi connectivity index (χ1n) is 7.11. The molecule has 0 aliphatic heterocycles. The van der Waals surface area contributed by atoms with Crippen molar-refractivity contribution in [1.29, 1.82) is 0 Å². The van der Waals surface area contributed by atoms with Gasteiger partial charge in [0, 0.05) is 18.3 Å². The first-order chi connectivity index (χ1) is 9.74. The second-order valence-electron chi connectivity index (χ2n) is 4.98. The Hall–Kier alpha value is -1.87. The van der Waals surface area contributed by atoms with Gasteiger partial charge in [-0.25, -0.2) is 4.98 Å². The standard InChI is InChI=1S/C17H22N2O/c1-4-13(2)14-7-9-16(10-8-14)20-17-15(12-18-3)6-5-11-19-17/h5-11,13,18H,4,12H2,1-3H3. The number of ether oxygens (including phenoxy) is 1. The number of hydrogen-bond donors (Lipinski definition) is 1. The van der Waals surface area contributed by atoms with Gasteiger partial charge in [-0.1, -0.05) is 32.0 Å². The quantitative estimate of drug-likeness (QED) is 0.857. The molecule has 20 heavy (non-hydrogen) atoms. The molecule has 106 valence electrons. The summed E-state index contributed by atoms with van der Waals surface area (Å²) in [4.78, 5) is 4.30. The predicted octanol–water partition coefficient (Wildman–Crippen LogP) is 4.11. The Morgan fingerprint density at radius 3 is 2.60 bits per heavy atom. The molecule has 0 saturated heterocycles. The van der Waals surface area contributed by atoms with Gasteiger partial charge in [0.05, 0.1) is 0 Å². The van der Waals surface area contributed by atoms with Crippen molar-refractivity contribution < 1.29 is 4.74 Å². The Balaban J connectivity index is 2.14. The molecule has 0 bridgehead atoms. The van der Waals surface area contributed by atoms with Crippen molar-refractivity contribution >= 4 is 0 Å². The smallest absolute Gasteiger partial charge is 0.223 e. The summed E-state index contributed by atoms with van der Waals surface area (Å²) >= 11 is 0. The van der Waals surface area contributed by atoms with E-state index >= 15 is 0 Å². The van der Waals surface area contributed by atoms with Crippen molar-refractivity contribution in [3.63, 3.8) is 0 Å². The van der Waals surface area contributed by atoms with Gasteiger partial charge in [-0.05, 0) is 43.1 Å². The normalized spacial score (nSPS) is 12.2. The highest BCUT2D eigenvalue weighted by molar-refractivity contribution is 5.34. The van der Waals surface area contributed by atoms with Crippen LogP contribution in [0.2, 0.25) is 0 Å². The molecule has 0 spiro atoms. The fourth-order valence-corrected chi connectivity index (χ4v) is 2.05. The van der Waals surface area contributed by atoms with Gasteiger partial charge in [0.2, 0.25) is 5.88 Å². The Morgan fingerprint density at radius 2 is 1.95 bits per heavy atom. The van der Waals surface area contributed by atoms with Gasteiger partial charge in [-0.3, -0.25) is 0 Å². The summed E-state index contributed by atoms with van der Waals surface area (Å²) in [5, 5.41) is 3.12. The molecule has 1 atom stereocenters. The molecule has 3 heteroatoms. The minimum Gasteiger partial charge on any atom is -0.439 e. The number of pyridine rings is 1. The number of hydrogen-bond acceptors (Lipinski definition) is 3. The summed E-state index contributed by atoms with van der Waals surface area (Å²) in [5.74, 6) is 2.07. The molecule has 1 N–H and O–H groups in total. The molecular weight excluding hydrogens is 248 g/mol. The number of nitrogens with one attached hydrogen (secondary N) is 1. The lowest BCUT2D eigenvalue weighted by atomic mass is 9.99. The Labute approximate surface area is 121 Å². The summed E-state index contributed by atoms with van der Waals surface area (Å²) in [6, 6.07) is 12.2. The lowest BCUT2D eigenvalue weighted by molar-refractivity contribution is 0.454. The lowest BCUT2D eigenvalue weighted by Crippen LogP contribution is -2.07. The fourth-order valence-electron chi connectivity index (χ4n) is 2.05. The van der Waals surface area contributed by atoms with Crippen molar-refractivity contribution in [2.45, 2.75) is 32.7 Å². The van der Waals surface area contributed by atoms with Crippen molar-refractivity contribution in [2.24, 2.45) is 0 Å². The zero-order chi connectivity index (χ0) is 14.4. The van der Waals surface area contributed by atoms with Crippen LogP contribution in [-0.4, -0.2) is 12.0 Å². The van der Waals surface area contributed by atoms with Gasteiger partial charge < -0.3 is 10.1 Å². The molecule has 2 rings (SSSR count). The van der Waals surface area contributed by atoms with E-state index in [0.29, 0.717) is 11.8 Å². The van der Waals surface area contributed by atoms with Crippen LogP contribution in [0.25, 0.3) is 0 Å². The molecule has 0 radical (unpaired) electrons. The molecule has 0 aliphatic rings. The number of rotatable bonds is 6. The van der Waals surface area contributed by atoms with Crippen LogP contribution in [0.5, 0.6) is 11.6 Å². The third-order valence-electron chi connectivity index (χ3n) is 3.49. The van der Waals surface area contributed by atoms with Gasteiger partial charge >= 0.3 is 0 Å². The van der Waals surface area contributed by atoms with E-state index in [1.165, 1.54) is 5.56 Å². The average molecular weight is 270 g/mol. The van der Waals surface area contributed by atoms with Gasteiger partial charge in [0.25, 0.3) is 0 Å². The Kier molecular flexibility index (Phi) is 5.13. The van der Waals surface area contributed by atoms with Crippen LogP contribution in [0.1, 0.15) is 37.3 Å². The maximum absolute atomic E-state index is 5.88. The van der Waals surface area contributed by atoms with Crippen molar-refractivity contribution in [3.8, 4) is 11.6 Å². The summed E-state index contributed by atoms with van der Waals surface area (Å²) in [6.45, 7) is 5.18. The van der Waals surface area contributed by atoms with E-state index in [0.717, 1.165) is 24.3 Å². The molecule has 0 aliphatic carbocycles. The van der Waals surface area contributed by atoms with E-state index in [4.69, 9.17) is 4.74 Å². The zero-order valence-electron chi connectivity index (χ0n) is 12.4. The van der Waals surface area contributed by atoms with Crippen LogP contribution >= 0.6 is 0 Å². The number of aromatic nitrogens is 1. The van der Waals surface area contributed by atoms with Gasteiger partial charge in [-0.2, -0.15) is 0 Å². The molecule has 0 fully saturated rings.